The summed E-state index contributed by atoms with van der Waals surface area (Å²) in [4.78, 5) is 0. The van der Waals surface area contributed by atoms with Crippen molar-refractivity contribution in [3.05, 3.63) is 76.9 Å². The molecule has 0 spiro atoms. The molecule has 0 aliphatic carbocycles. The third kappa shape index (κ3) is 4.84. The lowest BCUT2D eigenvalue weighted by Gasteiger charge is -2.22. The molecule has 1 aromatic carbocycles. The van der Waals surface area contributed by atoms with Gasteiger partial charge in [-0.15, -0.1) is 5.10 Å². The SMILES string of the molecule is C=C1/C=C\C(C(F)(F)c2nnn[nH]2)=C/CN(Cc2c(F)cccc2C(F)(F)F)/N=C\1C. The van der Waals surface area contributed by atoms with Crippen molar-refractivity contribution < 1.29 is 26.3 Å². The number of nitrogens with zero attached hydrogens (tertiary/aromatic N) is 5. The van der Waals surface area contributed by atoms with Crippen LogP contribution in [-0.4, -0.2) is 37.9 Å². The number of alkyl halides is 5. The summed E-state index contributed by atoms with van der Waals surface area (Å²) in [5.74, 6) is -5.52. The van der Waals surface area contributed by atoms with Crippen LogP contribution in [0.2, 0.25) is 0 Å². The minimum Gasteiger partial charge on any atom is -0.288 e. The van der Waals surface area contributed by atoms with Crippen LogP contribution in [-0.2, 0) is 18.6 Å². The zero-order valence-corrected chi connectivity index (χ0v) is 16.1. The average molecular weight is 442 g/mol. The van der Waals surface area contributed by atoms with E-state index in [0.29, 0.717) is 0 Å². The van der Waals surface area contributed by atoms with Crippen LogP contribution in [0.15, 0.2) is 59.3 Å². The molecule has 0 saturated carbocycles. The molecule has 0 unspecified atom stereocenters. The normalized spacial score (nSPS) is 20.2. The smallest absolute Gasteiger partial charge is 0.288 e. The minimum atomic E-state index is -4.80. The first-order valence-corrected chi connectivity index (χ1v) is 8.85. The number of H-pyrrole nitrogens is 1. The first-order chi connectivity index (χ1) is 14.5. The van der Waals surface area contributed by atoms with Gasteiger partial charge in [-0.2, -0.15) is 27.1 Å². The van der Waals surface area contributed by atoms with Gasteiger partial charge in [0.2, 0.25) is 5.82 Å². The maximum atomic E-state index is 14.8. The molecule has 3 rings (SSSR count). The van der Waals surface area contributed by atoms with Gasteiger partial charge in [-0.1, -0.05) is 30.9 Å². The van der Waals surface area contributed by atoms with Crippen molar-refractivity contribution in [3.8, 4) is 0 Å². The predicted molar refractivity (Wildman–Crippen MR) is 99.4 cm³/mol. The monoisotopic (exact) mass is 442 g/mol. The summed E-state index contributed by atoms with van der Waals surface area (Å²) in [6.07, 6.45) is -1.36. The third-order valence-electron chi connectivity index (χ3n) is 4.51. The molecule has 0 atom stereocenters. The van der Waals surface area contributed by atoms with Crippen LogP contribution in [0.5, 0.6) is 0 Å². The number of nitrogens with one attached hydrogen (secondary N) is 1. The lowest BCUT2D eigenvalue weighted by molar-refractivity contribution is -0.138. The highest BCUT2D eigenvalue weighted by atomic mass is 19.4. The quantitative estimate of drug-likeness (QED) is 0.714. The van der Waals surface area contributed by atoms with Gasteiger partial charge in [0, 0.05) is 11.1 Å². The molecule has 1 N–H and O–H groups in total. The molecule has 0 bridgehead atoms. The Hall–Kier alpha value is -3.44. The molecular formula is C19H16F6N6. The van der Waals surface area contributed by atoms with Gasteiger partial charge in [-0.3, -0.25) is 5.01 Å². The molecule has 1 aromatic heterocycles. The predicted octanol–water partition coefficient (Wildman–Crippen LogP) is 4.38. The van der Waals surface area contributed by atoms with E-state index in [4.69, 9.17) is 0 Å². The van der Waals surface area contributed by atoms with Gasteiger partial charge in [0.05, 0.1) is 24.4 Å². The van der Waals surface area contributed by atoms with Gasteiger partial charge >= 0.3 is 12.1 Å². The third-order valence-corrected chi connectivity index (χ3v) is 4.51. The van der Waals surface area contributed by atoms with Gasteiger partial charge in [0.1, 0.15) is 5.82 Å². The Morgan fingerprint density at radius 3 is 2.55 bits per heavy atom. The van der Waals surface area contributed by atoms with Crippen LogP contribution in [0.1, 0.15) is 23.9 Å². The van der Waals surface area contributed by atoms with Crippen molar-refractivity contribution in [2.75, 3.05) is 6.54 Å². The molecule has 1 aliphatic rings. The number of benzene rings is 1. The lowest BCUT2D eigenvalue weighted by Crippen LogP contribution is -2.24. The fourth-order valence-electron chi connectivity index (χ4n) is 2.83. The molecule has 1 aliphatic heterocycles. The van der Waals surface area contributed by atoms with Crippen molar-refractivity contribution >= 4 is 5.71 Å². The summed E-state index contributed by atoms with van der Waals surface area (Å²) >= 11 is 0. The van der Waals surface area contributed by atoms with Crippen LogP contribution in [0.3, 0.4) is 0 Å². The van der Waals surface area contributed by atoms with E-state index in [1.54, 1.807) is 0 Å². The molecule has 31 heavy (non-hydrogen) atoms. The number of aromatic nitrogens is 4. The van der Waals surface area contributed by atoms with E-state index in [1.807, 2.05) is 5.10 Å². The topological polar surface area (TPSA) is 70.1 Å². The van der Waals surface area contributed by atoms with Crippen molar-refractivity contribution in [2.45, 2.75) is 25.6 Å². The molecule has 0 radical (unpaired) electrons. The van der Waals surface area contributed by atoms with E-state index in [-0.39, 0.29) is 17.8 Å². The molecule has 12 heteroatoms. The first-order valence-electron chi connectivity index (χ1n) is 8.85. The summed E-state index contributed by atoms with van der Waals surface area (Å²) in [6, 6.07) is 2.59. The maximum Gasteiger partial charge on any atom is 0.416 e. The van der Waals surface area contributed by atoms with E-state index in [1.165, 1.54) is 13.0 Å². The molecule has 2 heterocycles. The Labute approximate surface area is 172 Å². The Morgan fingerprint density at radius 2 is 1.90 bits per heavy atom. The fraction of sp³-hybridized carbons (Fsp3) is 0.263. The fourth-order valence-corrected chi connectivity index (χ4v) is 2.83. The van der Waals surface area contributed by atoms with E-state index in [9.17, 15) is 26.3 Å². The maximum absolute atomic E-state index is 14.8. The lowest BCUT2D eigenvalue weighted by atomic mass is 10.0. The highest BCUT2D eigenvalue weighted by Gasteiger charge is 2.39. The zero-order valence-electron chi connectivity index (χ0n) is 16.1. The van der Waals surface area contributed by atoms with Crippen molar-refractivity contribution in [1.82, 2.24) is 25.6 Å². The van der Waals surface area contributed by atoms with E-state index >= 15 is 0 Å². The number of rotatable bonds is 4. The van der Waals surface area contributed by atoms with Gasteiger partial charge in [-0.25, -0.2) is 9.49 Å². The van der Waals surface area contributed by atoms with E-state index < -0.39 is 47.0 Å². The molecule has 0 saturated heterocycles. The van der Waals surface area contributed by atoms with Crippen LogP contribution in [0, 0.1) is 5.82 Å². The highest BCUT2D eigenvalue weighted by molar-refractivity contribution is 6.00. The average Bonchev–Trinajstić information content (AvgIpc) is 3.24. The zero-order chi connectivity index (χ0) is 22.8. The van der Waals surface area contributed by atoms with Crippen LogP contribution in [0.4, 0.5) is 26.3 Å². The highest BCUT2D eigenvalue weighted by Crippen LogP contribution is 2.36. The second-order valence-electron chi connectivity index (χ2n) is 6.64. The number of halogens is 6. The van der Waals surface area contributed by atoms with Crippen LogP contribution >= 0.6 is 0 Å². The van der Waals surface area contributed by atoms with Crippen LogP contribution < -0.4 is 0 Å². The number of hydrazone groups is 1. The number of allylic oxidation sites excluding steroid dienone is 4. The molecular weight excluding hydrogens is 426 g/mol. The number of hydrogen-bond donors (Lipinski definition) is 1. The summed E-state index contributed by atoms with van der Waals surface area (Å²) < 4.78 is 83.8. The molecule has 2 aromatic rings. The summed E-state index contributed by atoms with van der Waals surface area (Å²) in [7, 11) is 0. The Kier molecular flexibility index (Phi) is 6.00. The summed E-state index contributed by atoms with van der Waals surface area (Å²) in [5.41, 5.74) is -1.84. The van der Waals surface area contributed by atoms with Gasteiger partial charge in [-0.05, 0) is 35.1 Å². The largest absolute Gasteiger partial charge is 0.416 e. The van der Waals surface area contributed by atoms with Gasteiger partial charge in [0.25, 0.3) is 0 Å². The second-order valence-corrected chi connectivity index (χ2v) is 6.64. The van der Waals surface area contributed by atoms with E-state index in [0.717, 1.165) is 35.4 Å². The van der Waals surface area contributed by atoms with Crippen molar-refractivity contribution in [2.24, 2.45) is 5.10 Å². The first kappa shape index (κ1) is 22.2. The van der Waals surface area contributed by atoms with Crippen LogP contribution in [0.25, 0.3) is 0 Å². The molecule has 0 fully saturated rings. The Morgan fingerprint density at radius 1 is 1.16 bits per heavy atom. The minimum absolute atomic E-state index is 0.244. The molecule has 164 valence electrons. The second kappa shape index (κ2) is 8.36. The summed E-state index contributed by atoms with van der Waals surface area (Å²) in [6.45, 7) is 4.28. The molecule has 0 amide bonds. The Bertz CT molecular complexity index is 1050. The van der Waals surface area contributed by atoms with E-state index in [2.05, 4.69) is 27.2 Å². The van der Waals surface area contributed by atoms with Gasteiger partial charge < -0.3 is 0 Å². The number of aromatic amines is 1. The standard InChI is InChI=1S/C19H16F6N6/c1-11-6-7-13(18(21,22)17-26-29-30-27-17)8-9-31(28-12(11)2)10-14-15(19(23,24)25)4-3-5-16(14)20/h3-8H,1,9-10H2,2H3,(H,26,27,29,30)/b7-6-,13-8+,28-12-. The number of hydrogen-bond acceptors (Lipinski definition) is 5. The number of tetrazole rings is 1. The van der Waals surface area contributed by atoms with Gasteiger partial charge in [0.15, 0.2) is 0 Å². The summed E-state index contributed by atoms with van der Waals surface area (Å²) in [5, 5.41) is 16.7. The molecule has 6 nitrogen and oxygen atoms in total. The Balaban J connectivity index is 2.01. The van der Waals surface area contributed by atoms with Crippen molar-refractivity contribution in [1.29, 1.82) is 0 Å². The van der Waals surface area contributed by atoms with Crippen molar-refractivity contribution in [3.63, 3.8) is 0 Å².